The second-order valence-corrected chi connectivity index (χ2v) is 6.48. The van der Waals surface area contributed by atoms with Crippen molar-refractivity contribution in [3.8, 4) is 0 Å². The summed E-state index contributed by atoms with van der Waals surface area (Å²) < 4.78 is 38.6. The molecule has 1 N–H and O–H groups in total. The van der Waals surface area contributed by atoms with Crippen molar-refractivity contribution in [3.63, 3.8) is 0 Å². The molecular weight excluding hydrogens is 357 g/mol. The van der Waals surface area contributed by atoms with Crippen LogP contribution in [-0.2, 0) is 6.18 Å². The van der Waals surface area contributed by atoms with Crippen LogP contribution in [0.1, 0.15) is 18.4 Å². The highest BCUT2D eigenvalue weighted by molar-refractivity contribution is 5.49. The van der Waals surface area contributed by atoms with Crippen molar-refractivity contribution in [2.75, 3.05) is 49.5 Å². The Labute approximate surface area is 156 Å². The van der Waals surface area contributed by atoms with Crippen LogP contribution >= 0.6 is 0 Å². The molecule has 6 nitrogen and oxygen atoms in total. The normalized spacial score (nSPS) is 15.7. The Balaban J connectivity index is 1.37. The number of benzene rings is 1. The summed E-state index contributed by atoms with van der Waals surface area (Å²) in [5.41, 5.74) is 0.0534. The van der Waals surface area contributed by atoms with Crippen molar-refractivity contribution in [1.82, 2.24) is 20.1 Å². The Morgan fingerprint density at radius 3 is 2.56 bits per heavy atom. The summed E-state index contributed by atoms with van der Waals surface area (Å²) in [4.78, 5) is 8.43. The third kappa shape index (κ3) is 5.78. The lowest BCUT2D eigenvalue weighted by Crippen LogP contribution is -2.46. The Hall–Kier alpha value is -2.42. The zero-order valence-electron chi connectivity index (χ0n) is 15.0. The van der Waals surface area contributed by atoms with Gasteiger partial charge in [0.15, 0.2) is 0 Å². The number of hydrogen-bond acceptors (Lipinski definition) is 6. The van der Waals surface area contributed by atoms with Crippen LogP contribution in [0.2, 0.25) is 0 Å². The van der Waals surface area contributed by atoms with Crippen molar-refractivity contribution < 1.29 is 13.2 Å². The number of piperazine rings is 1. The molecule has 0 atom stereocenters. The van der Waals surface area contributed by atoms with Crippen molar-refractivity contribution in [1.29, 1.82) is 0 Å². The molecule has 9 heteroatoms. The van der Waals surface area contributed by atoms with Crippen molar-refractivity contribution >= 4 is 11.6 Å². The van der Waals surface area contributed by atoms with E-state index in [0.717, 1.165) is 58.2 Å². The molecule has 0 bridgehead atoms. The van der Waals surface area contributed by atoms with Gasteiger partial charge in [-0.15, -0.1) is 5.10 Å². The first-order valence-electron chi connectivity index (χ1n) is 9.04. The maximum atomic E-state index is 12.9. The molecule has 0 amide bonds. The maximum absolute atomic E-state index is 12.9. The summed E-state index contributed by atoms with van der Waals surface area (Å²) >= 11 is 0. The number of hydrogen-bond donors (Lipinski definition) is 1. The van der Waals surface area contributed by atoms with E-state index < -0.39 is 11.7 Å². The minimum Gasteiger partial charge on any atom is -0.369 e. The second kappa shape index (κ2) is 8.98. The fourth-order valence-corrected chi connectivity index (χ4v) is 3.10. The molecule has 1 aromatic carbocycles. The van der Waals surface area contributed by atoms with Gasteiger partial charge in [0.25, 0.3) is 0 Å². The van der Waals surface area contributed by atoms with E-state index in [4.69, 9.17) is 0 Å². The Kier molecular flexibility index (Phi) is 6.44. The molecule has 1 saturated heterocycles. The van der Waals surface area contributed by atoms with Crippen LogP contribution in [0.4, 0.5) is 24.8 Å². The van der Waals surface area contributed by atoms with Crippen LogP contribution in [-0.4, -0.2) is 59.3 Å². The number of halogens is 3. The molecule has 2 aromatic rings. The molecule has 0 saturated carbocycles. The molecule has 1 aromatic heterocycles. The van der Waals surface area contributed by atoms with Crippen LogP contribution in [0.3, 0.4) is 0 Å². The summed E-state index contributed by atoms with van der Waals surface area (Å²) in [5.74, 6) is 0.534. The fourth-order valence-electron chi connectivity index (χ4n) is 3.10. The van der Waals surface area contributed by atoms with Gasteiger partial charge in [-0.3, -0.25) is 4.90 Å². The molecule has 0 aliphatic carbocycles. The number of rotatable bonds is 7. The molecule has 27 heavy (non-hydrogen) atoms. The fraction of sp³-hybridized carbons (Fsp3) is 0.500. The van der Waals surface area contributed by atoms with E-state index in [0.29, 0.717) is 11.6 Å². The van der Waals surface area contributed by atoms with E-state index in [1.807, 2.05) is 4.90 Å². The van der Waals surface area contributed by atoms with Crippen LogP contribution < -0.4 is 10.2 Å². The van der Waals surface area contributed by atoms with E-state index >= 15 is 0 Å². The lowest BCUT2D eigenvalue weighted by Gasteiger charge is -2.36. The molecule has 3 rings (SSSR count). The summed E-state index contributed by atoms with van der Waals surface area (Å²) in [6.07, 6.45) is 0.860. The maximum Gasteiger partial charge on any atom is 0.416 e. The number of aromatic nitrogens is 3. The van der Waals surface area contributed by atoms with Crippen molar-refractivity contribution in [2.45, 2.75) is 19.0 Å². The predicted molar refractivity (Wildman–Crippen MR) is 97.6 cm³/mol. The smallest absolute Gasteiger partial charge is 0.369 e. The highest BCUT2D eigenvalue weighted by Gasteiger charge is 2.31. The van der Waals surface area contributed by atoms with Gasteiger partial charge >= 0.3 is 6.18 Å². The van der Waals surface area contributed by atoms with Gasteiger partial charge in [0.05, 0.1) is 18.0 Å². The van der Waals surface area contributed by atoms with Gasteiger partial charge in [0, 0.05) is 38.4 Å². The SMILES string of the molecule is FC(F)(F)c1cccc(N2CCN(CCCCNc3nccnn3)CC2)c1. The Morgan fingerprint density at radius 2 is 1.85 bits per heavy atom. The predicted octanol–water partition coefficient (Wildman–Crippen LogP) is 2.90. The van der Waals surface area contributed by atoms with E-state index in [1.54, 1.807) is 12.3 Å². The van der Waals surface area contributed by atoms with E-state index in [1.165, 1.54) is 18.3 Å². The van der Waals surface area contributed by atoms with Crippen molar-refractivity contribution in [2.24, 2.45) is 0 Å². The molecule has 0 spiro atoms. The molecule has 146 valence electrons. The summed E-state index contributed by atoms with van der Waals surface area (Å²) in [7, 11) is 0. The molecule has 0 radical (unpaired) electrons. The van der Waals surface area contributed by atoms with Gasteiger partial charge in [0.1, 0.15) is 0 Å². The quantitative estimate of drug-likeness (QED) is 0.746. The molecule has 1 aliphatic rings. The highest BCUT2D eigenvalue weighted by atomic mass is 19.4. The zero-order valence-corrected chi connectivity index (χ0v) is 15.0. The molecule has 0 unspecified atom stereocenters. The van der Waals surface area contributed by atoms with Gasteiger partial charge in [0.2, 0.25) is 5.95 Å². The molecule has 1 fully saturated rings. The number of anilines is 2. The lowest BCUT2D eigenvalue weighted by atomic mass is 10.1. The lowest BCUT2D eigenvalue weighted by molar-refractivity contribution is -0.137. The average molecular weight is 380 g/mol. The van der Waals surface area contributed by atoms with E-state index in [2.05, 4.69) is 25.4 Å². The van der Waals surface area contributed by atoms with Crippen molar-refractivity contribution in [3.05, 3.63) is 42.2 Å². The first kappa shape index (κ1) is 19.3. The summed E-state index contributed by atoms with van der Waals surface area (Å²) in [5, 5.41) is 10.7. The third-order valence-electron chi connectivity index (χ3n) is 4.58. The first-order chi connectivity index (χ1) is 13.0. The zero-order chi connectivity index (χ0) is 19.1. The number of nitrogens with one attached hydrogen (secondary N) is 1. The number of unbranched alkanes of at least 4 members (excludes halogenated alkanes) is 1. The van der Waals surface area contributed by atoms with Crippen LogP contribution in [0.5, 0.6) is 0 Å². The minimum absolute atomic E-state index is 0.534. The largest absolute Gasteiger partial charge is 0.416 e. The molecule has 2 heterocycles. The third-order valence-corrected chi connectivity index (χ3v) is 4.58. The molecular formula is C18H23F3N6. The van der Waals surface area contributed by atoms with Gasteiger partial charge in [-0.05, 0) is 37.6 Å². The van der Waals surface area contributed by atoms with Crippen LogP contribution in [0, 0.1) is 0 Å². The van der Waals surface area contributed by atoms with Gasteiger partial charge < -0.3 is 10.2 Å². The summed E-state index contributed by atoms with van der Waals surface area (Å²) in [6.45, 7) is 4.96. The Bertz CT molecular complexity index is 702. The van der Waals surface area contributed by atoms with E-state index in [-0.39, 0.29) is 0 Å². The van der Waals surface area contributed by atoms with Gasteiger partial charge in [-0.25, -0.2) is 4.98 Å². The number of alkyl halides is 3. The summed E-state index contributed by atoms with van der Waals surface area (Å²) in [6, 6.07) is 5.58. The van der Waals surface area contributed by atoms with Gasteiger partial charge in [-0.1, -0.05) is 6.07 Å². The molecule has 1 aliphatic heterocycles. The average Bonchev–Trinajstić information content (AvgIpc) is 2.68. The van der Waals surface area contributed by atoms with Crippen LogP contribution in [0.25, 0.3) is 0 Å². The number of nitrogens with zero attached hydrogens (tertiary/aromatic N) is 5. The van der Waals surface area contributed by atoms with Gasteiger partial charge in [-0.2, -0.15) is 18.3 Å². The standard InChI is InChI=1S/C18H23F3N6/c19-18(20,21)15-4-3-5-16(14-15)27-12-10-26(11-13-27)9-2-1-6-22-17-23-7-8-24-25-17/h3-5,7-8,14H,1-2,6,9-13H2,(H,22,23,25). The second-order valence-electron chi connectivity index (χ2n) is 6.48. The first-order valence-corrected chi connectivity index (χ1v) is 9.04. The minimum atomic E-state index is -4.30. The topological polar surface area (TPSA) is 57.2 Å². The van der Waals surface area contributed by atoms with E-state index in [9.17, 15) is 13.2 Å². The Morgan fingerprint density at radius 1 is 1.04 bits per heavy atom. The van der Waals surface area contributed by atoms with Crippen LogP contribution in [0.15, 0.2) is 36.7 Å². The highest BCUT2D eigenvalue weighted by Crippen LogP contribution is 2.31. The monoisotopic (exact) mass is 380 g/mol.